The van der Waals surface area contributed by atoms with Crippen LogP contribution in [0, 0.1) is 0 Å². The number of aliphatic carboxylic acids is 1. The Morgan fingerprint density at radius 1 is 1.05 bits per heavy atom. The molecular weight excluding hydrogens is 256 g/mol. The summed E-state index contributed by atoms with van der Waals surface area (Å²) in [7, 11) is 0. The highest BCUT2D eigenvalue weighted by atomic mass is 16.5. The fourth-order valence-electron chi connectivity index (χ4n) is 1.90. The van der Waals surface area contributed by atoms with Crippen molar-refractivity contribution < 1.29 is 19.7 Å². The van der Waals surface area contributed by atoms with Crippen molar-refractivity contribution in [3.8, 4) is 11.5 Å². The van der Waals surface area contributed by atoms with Crippen molar-refractivity contribution in [3.63, 3.8) is 0 Å². The second kappa shape index (κ2) is 5.75. The Morgan fingerprint density at radius 2 is 1.60 bits per heavy atom. The van der Waals surface area contributed by atoms with E-state index in [-0.39, 0.29) is 6.42 Å². The summed E-state index contributed by atoms with van der Waals surface area (Å²) in [5.41, 5.74) is -0.850. The molecule has 0 fully saturated rings. The maximum absolute atomic E-state index is 10.7. The van der Waals surface area contributed by atoms with Crippen LogP contribution >= 0.6 is 0 Å². The van der Waals surface area contributed by atoms with Gasteiger partial charge in [-0.2, -0.15) is 0 Å². The number of carboxylic acid groups (broad SMARTS) is 1. The van der Waals surface area contributed by atoms with E-state index < -0.39 is 11.6 Å². The van der Waals surface area contributed by atoms with E-state index in [4.69, 9.17) is 9.84 Å². The van der Waals surface area contributed by atoms with Crippen LogP contribution in [0.3, 0.4) is 0 Å². The predicted molar refractivity (Wildman–Crippen MR) is 74.8 cm³/mol. The zero-order valence-electron chi connectivity index (χ0n) is 11.1. The van der Waals surface area contributed by atoms with E-state index in [0.29, 0.717) is 11.3 Å². The third-order valence-corrected chi connectivity index (χ3v) is 2.95. The van der Waals surface area contributed by atoms with Gasteiger partial charge < -0.3 is 14.9 Å². The maximum Gasteiger partial charge on any atom is 0.306 e. The minimum absolute atomic E-state index is 0.341. The summed E-state index contributed by atoms with van der Waals surface area (Å²) in [6.07, 6.45) is -0.341. The van der Waals surface area contributed by atoms with Gasteiger partial charge >= 0.3 is 5.97 Å². The highest BCUT2D eigenvalue weighted by Gasteiger charge is 2.26. The molecule has 0 aliphatic heterocycles. The van der Waals surface area contributed by atoms with Crippen LogP contribution in [-0.2, 0) is 10.4 Å². The van der Waals surface area contributed by atoms with Gasteiger partial charge in [-0.15, -0.1) is 0 Å². The lowest BCUT2D eigenvalue weighted by Crippen LogP contribution is -2.24. The van der Waals surface area contributed by atoms with Crippen LogP contribution in [0.4, 0.5) is 0 Å². The number of rotatable bonds is 5. The molecule has 0 bridgehead atoms. The average Bonchev–Trinajstić information content (AvgIpc) is 2.39. The van der Waals surface area contributed by atoms with Crippen molar-refractivity contribution in [2.24, 2.45) is 0 Å². The molecule has 4 nitrogen and oxygen atoms in total. The molecule has 0 saturated carbocycles. The number of carboxylic acids is 1. The topological polar surface area (TPSA) is 66.8 Å². The minimum atomic E-state index is -1.39. The lowest BCUT2D eigenvalue weighted by atomic mass is 9.93. The van der Waals surface area contributed by atoms with Gasteiger partial charge in [0.15, 0.2) is 0 Å². The van der Waals surface area contributed by atoms with E-state index in [1.165, 1.54) is 6.92 Å². The number of ether oxygens (including phenoxy) is 1. The average molecular weight is 272 g/mol. The summed E-state index contributed by atoms with van der Waals surface area (Å²) >= 11 is 0. The quantitative estimate of drug-likeness (QED) is 0.877. The van der Waals surface area contributed by atoms with Gasteiger partial charge in [-0.05, 0) is 36.8 Å². The Morgan fingerprint density at radius 3 is 2.15 bits per heavy atom. The van der Waals surface area contributed by atoms with Crippen molar-refractivity contribution in [1.82, 2.24) is 0 Å². The van der Waals surface area contributed by atoms with E-state index in [0.717, 1.165) is 5.75 Å². The Bertz CT molecular complexity index is 573. The third kappa shape index (κ3) is 3.59. The molecule has 0 aliphatic rings. The summed E-state index contributed by atoms with van der Waals surface area (Å²) in [4.78, 5) is 10.7. The second-order valence-electron chi connectivity index (χ2n) is 4.78. The zero-order valence-corrected chi connectivity index (χ0v) is 11.1. The van der Waals surface area contributed by atoms with Crippen LogP contribution in [0.2, 0.25) is 0 Å². The van der Waals surface area contributed by atoms with E-state index in [2.05, 4.69) is 0 Å². The largest absolute Gasteiger partial charge is 0.481 e. The SMILES string of the molecule is CC(O)(CC(=O)O)c1ccc(Oc2ccccc2)cc1. The number of hydrogen-bond donors (Lipinski definition) is 2. The molecule has 2 rings (SSSR count). The third-order valence-electron chi connectivity index (χ3n) is 2.95. The molecule has 1 unspecified atom stereocenters. The molecule has 0 aromatic heterocycles. The van der Waals surface area contributed by atoms with Gasteiger partial charge in [0.1, 0.15) is 11.5 Å². The first kappa shape index (κ1) is 14.1. The zero-order chi connectivity index (χ0) is 14.6. The van der Waals surface area contributed by atoms with Crippen molar-refractivity contribution in [2.75, 3.05) is 0 Å². The molecular formula is C16H16O4. The smallest absolute Gasteiger partial charge is 0.306 e. The molecule has 2 aromatic rings. The highest BCUT2D eigenvalue weighted by molar-refractivity contribution is 5.68. The number of hydrogen-bond acceptors (Lipinski definition) is 3. The fraction of sp³-hybridized carbons (Fsp3) is 0.188. The van der Waals surface area contributed by atoms with Gasteiger partial charge in [0, 0.05) is 0 Å². The van der Waals surface area contributed by atoms with Gasteiger partial charge in [0.05, 0.1) is 12.0 Å². The summed E-state index contributed by atoms with van der Waals surface area (Å²) in [5, 5.41) is 18.9. The van der Waals surface area contributed by atoms with Crippen molar-refractivity contribution >= 4 is 5.97 Å². The van der Waals surface area contributed by atoms with E-state index in [1.807, 2.05) is 30.3 Å². The molecule has 0 amide bonds. The van der Waals surface area contributed by atoms with Crippen LogP contribution in [0.5, 0.6) is 11.5 Å². The Balaban J connectivity index is 2.12. The number of aliphatic hydroxyl groups is 1. The molecule has 4 heteroatoms. The lowest BCUT2D eigenvalue weighted by molar-refractivity contribution is -0.142. The van der Waals surface area contributed by atoms with E-state index in [1.54, 1.807) is 24.3 Å². The first-order valence-electron chi connectivity index (χ1n) is 6.25. The molecule has 0 aliphatic carbocycles. The monoisotopic (exact) mass is 272 g/mol. The molecule has 20 heavy (non-hydrogen) atoms. The number of benzene rings is 2. The van der Waals surface area contributed by atoms with E-state index >= 15 is 0 Å². The predicted octanol–water partition coefficient (Wildman–Crippen LogP) is 3.16. The van der Waals surface area contributed by atoms with Crippen LogP contribution in [0.15, 0.2) is 54.6 Å². The first-order valence-corrected chi connectivity index (χ1v) is 6.25. The lowest BCUT2D eigenvalue weighted by Gasteiger charge is -2.21. The van der Waals surface area contributed by atoms with Gasteiger partial charge in [-0.3, -0.25) is 4.79 Å². The second-order valence-corrected chi connectivity index (χ2v) is 4.78. The number of carbonyl (C=O) groups is 1. The molecule has 2 aromatic carbocycles. The van der Waals surface area contributed by atoms with Crippen LogP contribution in [0.25, 0.3) is 0 Å². The summed E-state index contributed by atoms with van der Waals surface area (Å²) in [5.74, 6) is 0.309. The van der Waals surface area contributed by atoms with Crippen LogP contribution in [0.1, 0.15) is 18.9 Å². The van der Waals surface area contributed by atoms with Gasteiger partial charge in [0.25, 0.3) is 0 Å². The minimum Gasteiger partial charge on any atom is -0.481 e. The van der Waals surface area contributed by atoms with Crippen LogP contribution in [-0.4, -0.2) is 16.2 Å². The highest BCUT2D eigenvalue weighted by Crippen LogP contribution is 2.28. The molecule has 0 heterocycles. The summed E-state index contributed by atoms with van der Waals surface area (Å²) < 4.78 is 5.63. The van der Waals surface area contributed by atoms with Gasteiger partial charge in [-0.25, -0.2) is 0 Å². The fourth-order valence-corrected chi connectivity index (χ4v) is 1.90. The molecule has 0 saturated heterocycles. The van der Waals surface area contributed by atoms with Crippen molar-refractivity contribution in [2.45, 2.75) is 18.9 Å². The van der Waals surface area contributed by atoms with E-state index in [9.17, 15) is 9.90 Å². The maximum atomic E-state index is 10.7. The normalized spacial score (nSPS) is 13.5. The molecule has 2 N–H and O–H groups in total. The molecule has 0 radical (unpaired) electrons. The molecule has 0 spiro atoms. The van der Waals surface area contributed by atoms with Gasteiger partial charge in [-0.1, -0.05) is 30.3 Å². The Hall–Kier alpha value is -2.33. The van der Waals surface area contributed by atoms with Crippen LogP contribution < -0.4 is 4.74 Å². The summed E-state index contributed by atoms with van der Waals surface area (Å²) in [6, 6.07) is 16.1. The van der Waals surface area contributed by atoms with Crippen molar-refractivity contribution in [3.05, 3.63) is 60.2 Å². The molecule has 1 atom stereocenters. The molecule has 104 valence electrons. The Labute approximate surface area is 117 Å². The first-order chi connectivity index (χ1) is 9.47. The van der Waals surface area contributed by atoms with Gasteiger partial charge in [0.2, 0.25) is 0 Å². The number of para-hydroxylation sites is 1. The Kier molecular flexibility index (Phi) is 4.05. The van der Waals surface area contributed by atoms with Crippen molar-refractivity contribution in [1.29, 1.82) is 0 Å². The summed E-state index contributed by atoms with van der Waals surface area (Å²) in [6.45, 7) is 1.48. The standard InChI is InChI=1S/C16H16O4/c1-16(19,11-15(17)18)12-7-9-14(10-8-12)20-13-5-3-2-4-6-13/h2-10,19H,11H2,1H3,(H,17,18).